The van der Waals surface area contributed by atoms with Crippen molar-refractivity contribution >= 4 is 33.9 Å². The summed E-state index contributed by atoms with van der Waals surface area (Å²) in [7, 11) is 0. The summed E-state index contributed by atoms with van der Waals surface area (Å²) < 4.78 is 23.9. The third-order valence-electron chi connectivity index (χ3n) is 5.78. The molecule has 0 saturated carbocycles. The summed E-state index contributed by atoms with van der Waals surface area (Å²) in [6, 6.07) is 7.73. The van der Waals surface area contributed by atoms with Crippen LogP contribution in [0.15, 0.2) is 39.8 Å². The Morgan fingerprint density at radius 3 is 2.82 bits per heavy atom. The highest BCUT2D eigenvalue weighted by Gasteiger charge is 2.33. The molecule has 1 aliphatic carbocycles. The number of esters is 1. The predicted octanol–water partition coefficient (Wildman–Crippen LogP) is 4.31. The predicted molar refractivity (Wildman–Crippen MR) is 122 cm³/mol. The Morgan fingerprint density at radius 2 is 2.03 bits per heavy atom. The van der Waals surface area contributed by atoms with Gasteiger partial charge in [-0.1, -0.05) is 5.16 Å². The Labute approximate surface area is 193 Å². The average Bonchev–Trinajstić information content (AvgIpc) is 3.41. The van der Waals surface area contributed by atoms with Crippen LogP contribution in [0.5, 0.6) is 0 Å². The molecule has 0 N–H and O–H groups in total. The highest BCUT2D eigenvalue weighted by atomic mass is 32.1. The minimum Gasteiger partial charge on any atom is -0.461 e. The van der Waals surface area contributed by atoms with E-state index in [4.69, 9.17) is 9.26 Å². The number of aliphatic imine (C=N–C) groups is 1. The standard InChI is InChI=1S/C24H22FN3O4S/c1-2-31-24(30)18-11-16(32-27-18)13-28-20(29)12-26-22(14-7-9-15(25)10-8-14)21-17-5-3-4-6-19(17)33-23(21)28/h7-11H,2-6,12-13H2,1H3. The van der Waals surface area contributed by atoms with Crippen LogP contribution in [-0.2, 0) is 28.9 Å². The van der Waals surface area contributed by atoms with Crippen molar-refractivity contribution in [1.29, 1.82) is 0 Å². The molecule has 0 saturated heterocycles. The number of benzene rings is 1. The number of aryl methyl sites for hydroxylation is 1. The van der Waals surface area contributed by atoms with Crippen molar-refractivity contribution in [3.8, 4) is 0 Å². The fourth-order valence-corrected chi connectivity index (χ4v) is 5.66. The molecule has 7 nitrogen and oxygen atoms in total. The Hall–Kier alpha value is -3.33. The van der Waals surface area contributed by atoms with E-state index in [-0.39, 0.29) is 37.1 Å². The van der Waals surface area contributed by atoms with E-state index in [2.05, 4.69) is 10.1 Å². The molecule has 0 radical (unpaired) electrons. The van der Waals surface area contributed by atoms with Crippen molar-refractivity contribution in [3.05, 3.63) is 69.2 Å². The van der Waals surface area contributed by atoms with Crippen molar-refractivity contribution in [2.75, 3.05) is 18.1 Å². The number of ether oxygens (including phenoxy) is 1. The smallest absolute Gasteiger partial charge is 0.360 e. The monoisotopic (exact) mass is 467 g/mol. The number of thiophene rings is 1. The molecule has 1 amide bonds. The number of hydrogen-bond donors (Lipinski definition) is 0. The molecule has 5 rings (SSSR count). The second-order valence-electron chi connectivity index (χ2n) is 7.94. The number of hydrogen-bond acceptors (Lipinski definition) is 7. The van der Waals surface area contributed by atoms with E-state index in [1.54, 1.807) is 35.3 Å². The number of fused-ring (bicyclic) bond motifs is 3. The lowest BCUT2D eigenvalue weighted by Crippen LogP contribution is -2.31. The lowest BCUT2D eigenvalue weighted by molar-refractivity contribution is -0.117. The molecule has 1 aromatic carbocycles. The number of carbonyl (C=O) groups excluding carboxylic acids is 2. The van der Waals surface area contributed by atoms with Crippen LogP contribution < -0.4 is 4.90 Å². The van der Waals surface area contributed by atoms with E-state index in [0.29, 0.717) is 11.5 Å². The molecular formula is C24H22FN3O4S. The Bertz CT molecular complexity index is 1250. The second-order valence-corrected chi connectivity index (χ2v) is 9.03. The molecular weight excluding hydrogens is 445 g/mol. The van der Waals surface area contributed by atoms with Crippen molar-refractivity contribution in [3.63, 3.8) is 0 Å². The maximum atomic E-state index is 13.6. The number of rotatable bonds is 5. The van der Waals surface area contributed by atoms with Crippen molar-refractivity contribution in [2.45, 2.75) is 39.2 Å². The third-order valence-corrected chi connectivity index (χ3v) is 7.10. The highest BCUT2D eigenvalue weighted by molar-refractivity contribution is 7.17. The first-order valence-corrected chi connectivity index (χ1v) is 11.7. The molecule has 0 fully saturated rings. The van der Waals surface area contributed by atoms with Gasteiger partial charge in [-0.25, -0.2) is 9.18 Å². The largest absolute Gasteiger partial charge is 0.461 e. The van der Waals surface area contributed by atoms with E-state index >= 15 is 0 Å². The molecule has 0 unspecified atom stereocenters. The zero-order valence-corrected chi connectivity index (χ0v) is 18.9. The Kier molecular flexibility index (Phi) is 5.80. The fourth-order valence-electron chi connectivity index (χ4n) is 4.26. The van der Waals surface area contributed by atoms with E-state index in [1.165, 1.54) is 28.6 Å². The van der Waals surface area contributed by atoms with Crippen LogP contribution in [-0.4, -0.2) is 35.9 Å². The number of amides is 1. The van der Waals surface area contributed by atoms with Crippen molar-refractivity contribution in [2.24, 2.45) is 4.99 Å². The molecule has 170 valence electrons. The summed E-state index contributed by atoms with van der Waals surface area (Å²) in [4.78, 5) is 32.7. The van der Waals surface area contributed by atoms with E-state index < -0.39 is 5.97 Å². The number of halogens is 1. The maximum absolute atomic E-state index is 13.6. The molecule has 0 atom stereocenters. The summed E-state index contributed by atoms with van der Waals surface area (Å²) in [5.74, 6) is -0.681. The summed E-state index contributed by atoms with van der Waals surface area (Å²) in [5, 5.41) is 4.60. The van der Waals surface area contributed by atoms with Gasteiger partial charge in [0.1, 0.15) is 17.4 Å². The van der Waals surface area contributed by atoms with E-state index in [9.17, 15) is 14.0 Å². The molecule has 0 bridgehead atoms. The first-order chi connectivity index (χ1) is 16.0. The maximum Gasteiger partial charge on any atom is 0.360 e. The van der Waals surface area contributed by atoms with Crippen LogP contribution in [0.3, 0.4) is 0 Å². The SMILES string of the molecule is CCOC(=O)c1cc(CN2C(=O)CN=C(c3ccc(F)cc3)c3c2sc2c3CCCC2)on1. The lowest BCUT2D eigenvalue weighted by atomic mass is 9.91. The normalized spacial score (nSPS) is 15.5. The van der Waals surface area contributed by atoms with E-state index in [1.807, 2.05) is 0 Å². The van der Waals surface area contributed by atoms with Gasteiger partial charge in [0, 0.05) is 22.1 Å². The average molecular weight is 468 g/mol. The van der Waals surface area contributed by atoms with Gasteiger partial charge in [-0.05, 0) is 62.4 Å². The molecule has 2 aliphatic rings. The Balaban J connectivity index is 1.56. The molecule has 3 heterocycles. The zero-order chi connectivity index (χ0) is 22.9. The van der Waals surface area contributed by atoms with E-state index in [0.717, 1.165) is 41.8 Å². The lowest BCUT2D eigenvalue weighted by Gasteiger charge is -2.19. The molecule has 33 heavy (non-hydrogen) atoms. The summed E-state index contributed by atoms with van der Waals surface area (Å²) in [6.45, 7) is 2.04. The van der Waals surface area contributed by atoms with Crippen LogP contribution in [0.2, 0.25) is 0 Å². The minimum atomic E-state index is -0.566. The van der Waals surface area contributed by atoms with Crippen LogP contribution in [0.25, 0.3) is 0 Å². The van der Waals surface area contributed by atoms with Crippen LogP contribution in [0, 0.1) is 5.82 Å². The Morgan fingerprint density at radius 1 is 1.24 bits per heavy atom. The zero-order valence-electron chi connectivity index (χ0n) is 18.1. The number of aromatic nitrogens is 1. The second kappa shape index (κ2) is 8.90. The van der Waals surface area contributed by atoms with Gasteiger partial charge >= 0.3 is 5.97 Å². The quantitative estimate of drug-likeness (QED) is 0.522. The highest BCUT2D eigenvalue weighted by Crippen LogP contribution is 2.43. The molecule has 2 aromatic heterocycles. The molecule has 1 aliphatic heterocycles. The number of nitrogens with zero attached hydrogens (tertiary/aromatic N) is 3. The summed E-state index contributed by atoms with van der Waals surface area (Å²) in [6.07, 6.45) is 4.06. The first-order valence-electron chi connectivity index (χ1n) is 10.9. The van der Waals surface area contributed by atoms with Crippen molar-refractivity contribution in [1.82, 2.24) is 5.16 Å². The van der Waals surface area contributed by atoms with Gasteiger partial charge in [0.2, 0.25) is 5.91 Å². The topological polar surface area (TPSA) is 85.0 Å². The molecule has 0 spiro atoms. The van der Waals surface area contributed by atoms with Gasteiger partial charge in [0.25, 0.3) is 0 Å². The van der Waals surface area contributed by atoms with Gasteiger partial charge in [0.15, 0.2) is 11.5 Å². The van der Waals surface area contributed by atoms with Gasteiger partial charge < -0.3 is 9.26 Å². The van der Waals surface area contributed by atoms with Gasteiger partial charge in [0.05, 0.1) is 18.9 Å². The number of anilines is 1. The minimum absolute atomic E-state index is 0.0399. The van der Waals surface area contributed by atoms with Crippen LogP contribution in [0.1, 0.15) is 57.6 Å². The fraction of sp³-hybridized carbons (Fsp3) is 0.333. The van der Waals surface area contributed by atoms with Gasteiger partial charge in [-0.15, -0.1) is 11.3 Å². The summed E-state index contributed by atoms with van der Waals surface area (Å²) >= 11 is 1.60. The van der Waals surface area contributed by atoms with Crippen LogP contribution in [0.4, 0.5) is 9.39 Å². The molecule has 9 heteroatoms. The third kappa shape index (κ3) is 4.08. The first kappa shape index (κ1) is 21.5. The van der Waals surface area contributed by atoms with Crippen molar-refractivity contribution < 1.29 is 23.2 Å². The van der Waals surface area contributed by atoms with Gasteiger partial charge in [-0.3, -0.25) is 14.7 Å². The molecule has 3 aromatic rings. The summed E-state index contributed by atoms with van der Waals surface area (Å²) in [5.41, 5.74) is 3.72. The van der Waals surface area contributed by atoms with Crippen LogP contribution >= 0.6 is 11.3 Å². The van der Waals surface area contributed by atoms with Gasteiger partial charge in [-0.2, -0.15) is 0 Å². The number of carbonyl (C=O) groups is 2.